The maximum Gasteiger partial charge on any atom is 0.196 e. The molecule has 0 spiro atoms. The molecular weight excluding hydrogens is 325 g/mol. The van der Waals surface area contributed by atoms with Crippen LogP contribution in [0, 0.1) is 17.5 Å². The molecule has 0 bridgehead atoms. The molecule has 0 radical (unpaired) electrons. The molecule has 6 heteroatoms. The van der Waals surface area contributed by atoms with Crippen molar-refractivity contribution in [1.29, 1.82) is 0 Å². The van der Waals surface area contributed by atoms with Gasteiger partial charge in [0.05, 0.1) is 16.7 Å². The van der Waals surface area contributed by atoms with E-state index in [0.29, 0.717) is 21.8 Å². The van der Waals surface area contributed by atoms with Crippen LogP contribution in [0.2, 0.25) is 5.02 Å². The van der Waals surface area contributed by atoms with Crippen molar-refractivity contribution in [1.82, 2.24) is 9.97 Å². The number of halogens is 4. The number of pyridine rings is 1. The molecule has 0 aliphatic carbocycles. The molecule has 2 nitrogen and oxygen atoms in total. The highest BCUT2D eigenvalue weighted by molar-refractivity contribution is 6.35. The molecule has 4 rings (SSSR count). The summed E-state index contributed by atoms with van der Waals surface area (Å²) in [6, 6.07) is 9.77. The fourth-order valence-electron chi connectivity index (χ4n) is 2.65. The fourth-order valence-corrected chi connectivity index (χ4v) is 2.88. The Morgan fingerprint density at radius 2 is 1.78 bits per heavy atom. The Morgan fingerprint density at radius 3 is 2.61 bits per heavy atom. The van der Waals surface area contributed by atoms with E-state index < -0.39 is 17.5 Å². The smallest absolute Gasteiger partial charge is 0.196 e. The third-order valence-corrected chi connectivity index (χ3v) is 4.10. The van der Waals surface area contributed by atoms with E-state index >= 15 is 0 Å². The van der Waals surface area contributed by atoms with E-state index in [0.717, 1.165) is 11.5 Å². The zero-order valence-corrected chi connectivity index (χ0v) is 12.3. The zero-order chi connectivity index (χ0) is 16.1. The quantitative estimate of drug-likeness (QED) is 0.461. The van der Waals surface area contributed by atoms with Gasteiger partial charge in [-0.05, 0) is 30.3 Å². The second kappa shape index (κ2) is 4.99. The number of nitrogens with zero attached hydrogens (tertiary/aromatic N) is 1. The number of nitrogens with one attached hydrogen (secondary N) is 1. The van der Waals surface area contributed by atoms with Gasteiger partial charge in [0.15, 0.2) is 17.5 Å². The minimum Gasteiger partial charge on any atom is -0.358 e. The van der Waals surface area contributed by atoms with Gasteiger partial charge in [-0.15, -0.1) is 0 Å². The van der Waals surface area contributed by atoms with Gasteiger partial charge in [-0.2, -0.15) is 0 Å². The zero-order valence-electron chi connectivity index (χ0n) is 11.5. The highest BCUT2D eigenvalue weighted by atomic mass is 35.5. The summed E-state index contributed by atoms with van der Waals surface area (Å²) in [5.74, 6) is -3.97. The molecule has 23 heavy (non-hydrogen) atoms. The van der Waals surface area contributed by atoms with Gasteiger partial charge in [0, 0.05) is 27.6 Å². The maximum absolute atomic E-state index is 13.8. The van der Waals surface area contributed by atoms with Crippen LogP contribution in [0.4, 0.5) is 13.2 Å². The molecule has 2 aromatic heterocycles. The second-order valence-electron chi connectivity index (χ2n) is 5.11. The Balaban J connectivity index is 1.99. The highest BCUT2D eigenvalue weighted by Gasteiger charge is 2.18. The monoisotopic (exact) mass is 332 g/mol. The van der Waals surface area contributed by atoms with E-state index in [1.54, 1.807) is 30.3 Å². The minimum absolute atomic E-state index is 0.0908. The van der Waals surface area contributed by atoms with E-state index in [2.05, 4.69) is 9.97 Å². The van der Waals surface area contributed by atoms with Gasteiger partial charge >= 0.3 is 0 Å². The summed E-state index contributed by atoms with van der Waals surface area (Å²) >= 11 is 6.10. The lowest BCUT2D eigenvalue weighted by Crippen LogP contribution is -1.92. The van der Waals surface area contributed by atoms with Crippen LogP contribution in [0.25, 0.3) is 33.1 Å². The summed E-state index contributed by atoms with van der Waals surface area (Å²) in [7, 11) is 0. The molecule has 0 unspecified atom stereocenters. The van der Waals surface area contributed by atoms with Crippen LogP contribution < -0.4 is 0 Å². The molecule has 0 aliphatic heterocycles. The summed E-state index contributed by atoms with van der Waals surface area (Å²) in [5.41, 5.74) is 1.57. The predicted octanol–water partition coefficient (Wildman–Crippen LogP) is 5.45. The first-order valence-electron chi connectivity index (χ1n) is 6.76. The third kappa shape index (κ3) is 2.08. The van der Waals surface area contributed by atoms with Crippen LogP contribution in [0.3, 0.4) is 0 Å². The summed E-state index contributed by atoms with van der Waals surface area (Å²) in [5, 5.41) is 1.58. The van der Waals surface area contributed by atoms with E-state index in [1.165, 1.54) is 6.20 Å². The minimum atomic E-state index is -1.50. The number of aromatic amines is 1. The van der Waals surface area contributed by atoms with Crippen LogP contribution in [-0.4, -0.2) is 9.97 Å². The van der Waals surface area contributed by atoms with Gasteiger partial charge in [0.25, 0.3) is 0 Å². The van der Waals surface area contributed by atoms with Crippen molar-refractivity contribution < 1.29 is 13.2 Å². The Kier molecular flexibility index (Phi) is 3.06. The third-order valence-electron chi connectivity index (χ3n) is 3.77. The molecule has 1 N–H and O–H groups in total. The standard InChI is InChI=1S/C17H8ClF3N2/c18-11-2-1-3-13-8(11)4-5-14(23-13)10-7-22-17-9(10)6-12(19)15(20)16(17)21/h1-7,22H. The first kappa shape index (κ1) is 14.1. The molecule has 4 aromatic rings. The van der Waals surface area contributed by atoms with E-state index in [9.17, 15) is 13.2 Å². The highest BCUT2D eigenvalue weighted by Crippen LogP contribution is 2.32. The largest absolute Gasteiger partial charge is 0.358 e. The number of H-pyrrole nitrogens is 1. The van der Waals surface area contributed by atoms with Gasteiger partial charge in [-0.3, -0.25) is 0 Å². The summed E-state index contributed by atoms with van der Waals surface area (Å²) in [4.78, 5) is 7.10. The second-order valence-corrected chi connectivity index (χ2v) is 5.52. The molecule has 0 amide bonds. The molecule has 0 fully saturated rings. The van der Waals surface area contributed by atoms with Gasteiger partial charge in [0.2, 0.25) is 0 Å². The van der Waals surface area contributed by atoms with Crippen LogP contribution in [0.1, 0.15) is 0 Å². The van der Waals surface area contributed by atoms with E-state index in [1.807, 2.05) is 0 Å². The Morgan fingerprint density at radius 1 is 0.957 bits per heavy atom. The maximum atomic E-state index is 13.8. The van der Waals surface area contributed by atoms with E-state index in [4.69, 9.17) is 11.6 Å². The van der Waals surface area contributed by atoms with Gasteiger partial charge < -0.3 is 4.98 Å². The van der Waals surface area contributed by atoms with Crippen LogP contribution in [0.5, 0.6) is 0 Å². The predicted molar refractivity (Wildman–Crippen MR) is 83.9 cm³/mol. The van der Waals surface area contributed by atoms with Crippen LogP contribution in [0.15, 0.2) is 42.6 Å². The van der Waals surface area contributed by atoms with Crippen molar-refractivity contribution in [3.63, 3.8) is 0 Å². The van der Waals surface area contributed by atoms with Crippen molar-refractivity contribution in [3.8, 4) is 11.3 Å². The number of fused-ring (bicyclic) bond motifs is 2. The average Bonchev–Trinajstić information content (AvgIpc) is 2.96. The molecule has 2 aromatic carbocycles. The summed E-state index contributed by atoms with van der Waals surface area (Å²) in [6.07, 6.45) is 1.48. The summed E-state index contributed by atoms with van der Waals surface area (Å²) < 4.78 is 40.7. The first-order chi connectivity index (χ1) is 11.1. The van der Waals surface area contributed by atoms with Crippen LogP contribution in [-0.2, 0) is 0 Å². The topological polar surface area (TPSA) is 28.7 Å². The normalized spacial score (nSPS) is 11.5. The molecule has 0 saturated carbocycles. The number of hydrogen-bond donors (Lipinski definition) is 1. The Labute approximate surface area is 133 Å². The average molecular weight is 333 g/mol. The Hall–Kier alpha value is -2.53. The lowest BCUT2D eigenvalue weighted by molar-refractivity contribution is 0.453. The van der Waals surface area contributed by atoms with Crippen molar-refractivity contribution in [2.24, 2.45) is 0 Å². The lowest BCUT2D eigenvalue weighted by Gasteiger charge is -2.04. The van der Waals surface area contributed by atoms with Crippen molar-refractivity contribution in [2.75, 3.05) is 0 Å². The molecule has 114 valence electrons. The number of hydrogen-bond acceptors (Lipinski definition) is 1. The summed E-state index contributed by atoms with van der Waals surface area (Å²) in [6.45, 7) is 0. The molecule has 2 heterocycles. The molecule has 0 saturated heterocycles. The molecule has 0 atom stereocenters. The fraction of sp³-hybridized carbons (Fsp3) is 0. The number of aromatic nitrogens is 2. The van der Waals surface area contributed by atoms with Crippen molar-refractivity contribution in [2.45, 2.75) is 0 Å². The first-order valence-corrected chi connectivity index (χ1v) is 7.14. The lowest BCUT2D eigenvalue weighted by atomic mass is 10.1. The van der Waals surface area contributed by atoms with Gasteiger partial charge in [-0.1, -0.05) is 17.7 Å². The number of benzene rings is 2. The number of rotatable bonds is 1. The van der Waals surface area contributed by atoms with Crippen LogP contribution >= 0.6 is 11.6 Å². The Bertz CT molecular complexity index is 1070. The van der Waals surface area contributed by atoms with Gasteiger partial charge in [0.1, 0.15) is 0 Å². The molecule has 0 aliphatic rings. The molecular formula is C17H8ClF3N2. The van der Waals surface area contributed by atoms with Crippen molar-refractivity contribution in [3.05, 3.63) is 65.1 Å². The SMILES string of the molecule is Fc1cc2c(-c3ccc4c(Cl)cccc4n3)c[nH]c2c(F)c1F. The van der Waals surface area contributed by atoms with Crippen molar-refractivity contribution >= 4 is 33.4 Å². The van der Waals surface area contributed by atoms with Gasteiger partial charge in [-0.25, -0.2) is 18.2 Å². The van der Waals surface area contributed by atoms with E-state index in [-0.39, 0.29) is 10.9 Å².